The Bertz CT molecular complexity index is 531. The van der Waals surface area contributed by atoms with E-state index in [1.54, 1.807) is 6.07 Å². The first-order valence-corrected chi connectivity index (χ1v) is 7.21. The van der Waals surface area contributed by atoms with Gasteiger partial charge in [-0.3, -0.25) is 0 Å². The fourth-order valence-corrected chi connectivity index (χ4v) is 2.94. The van der Waals surface area contributed by atoms with Crippen LogP contribution in [0, 0.1) is 0 Å². The molecule has 22 heavy (non-hydrogen) atoms. The Morgan fingerprint density at radius 1 is 1.09 bits per heavy atom. The van der Waals surface area contributed by atoms with Gasteiger partial charge in [-0.2, -0.15) is 13.2 Å². The van der Waals surface area contributed by atoms with Gasteiger partial charge in [0.1, 0.15) is 5.75 Å². The van der Waals surface area contributed by atoms with E-state index in [1.807, 2.05) is 4.90 Å². The molecule has 4 nitrogen and oxygen atoms in total. The maximum absolute atomic E-state index is 13.0. The highest BCUT2D eigenvalue weighted by molar-refractivity contribution is 5.54. The molecule has 3 rings (SSSR count). The molecular formula is C15H18F3NO3. The first-order chi connectivity index (χ1) is 10.4. The summed E-state index contributed by atoms with van der Waals surface area (Å²) in [6, 6.07) is 3.80. The first-order valence-electron chi connectivity index (χ1n) is 7.21. The van der Waals surface area contributed by atoms with Crippen molar-refractivity contribution in [2.45, 2.75) is 24.8 Å². The Labute approximate surface area is 126 Å². The van der Waals surface area contributed by atoms with Crippen LogP contribution in [0.5, 0.6) is 5.75 Å². The van der Waals surface area contributed by atoms with Crippen LogP contribution < -0.4 is 9.64 Å². The summed E-state index contributed by atoms with van der Waals surface area (Å²) in [5.41, 5.74) is -0.185. The van der Waals surface area contributed by atoms with Gasteiger partial charge in [-0.1, -0.05) is 0 Å². The molecule has 1 aromatic carbocycles. The molecule has 0 unspecified atom stereocenters. The zero-order valence-corrected chi connectivity index (χ0v) is 12.3. The van der Waals surface area contributed by atoms with Crippen molar-refractivity contribution in [3.8, 4) is 5.75 Å². The Hall–Kier alpha value is -1.47. The maximum Gasteiger partial charge on any atom is 0.416 e. The number of halogens is 3. The van der Waals surface area contributed by atoms with E-state index in [9.17, 15) is 13.2 Å². The largest absolute Gasteiger partial charge is 0.497 e. The molecule has 2 fully saturated rings. The number of hydrogen-bond donors (Lipinski definition) is 0. The van der Waals surface area contributed by atoms with E-state index in [-0.39, 0.29) is 5.75 Å². The highest BCUT2D eigenvalue weighted by Gasteiger charge is 2.40. The second-order valence-electron chi connectivity index (χ2n) is 5.51. The number of nitrogens with zero attached hydrogens (tertiary/aromatic N) is 1. The normalized spacial score (nSPS) is 21.4. The summed E-state index contributed by atoms with van der Waals surface area (Å²) in [5.74, 6) is -0.333. The van der Waals surface area contributed by atoms with Crippen molar-refractivity contribution in [2.24, 2.45) is 0 Å². The van der Waals surface area contributed by atoms with Crippen molar-refractivity contribution in [2.75, 3.05) is 38.3 Å². The van der Waals surface area contributed by atoms with E-state index in [0.29, 0.717) is 44.8 Å². The lowest BCUT2D eigenvalue weighted by Gasteiger charge is -2.38. The first kappa shape index (κ1) is 15.4. The van der Waals surface area contributed by atoms with Gasteiger partial charge in [-0.15, -0.1) is 0 Å². The Morgan fingerprint density at radius 2 is 1.73 bits per heavy atom. The molecule has 2 aliphatic heterocycles. The second kappa shape index (κ2) is 5.62. The topological polar surface area (TPSA) is 30.9 Å². The molecule has 0 saturated carbocycles. The minimum Gasteiger partial charge on any atom is -0.497 e. The lowest BCUT2D eigenvalue weighted by molar-refractivity contribution is -0.169. The van der Waals surface area contributed by atoms with E-state index >= 15 is 0 Å². The van der Waals surface area contributed by atoms with Crippen LogP contribution in [0.3, 0.4) is 0 Å². The third-order valence-electron chi connectivity index (χ3n) is 4.16. The van der Waals surface area contributed by atoms with Gasteiger partial charge in [0.2, 0.25) is 0 Å². The number of rotatable bonds is 2. The van der Waals surface area contributed by atoms with Crippen LogP contribution in [0.15, 0.2) is 18.2 Å². The van der Waals surface area contributed by atoms with E-state index in [0.717, 1.165) is 12.1 Å². The molecule has 2 aliphatic rings. The number of methoxy groups -OCH3 is 1. The zero-order chi connectivity index (χ0) is 15.8. The van der Waals surface area contributed by atoms with Gasteiger partial charge in [0.25, 0.3) is 0 Å². The summed E-state index contributed by atoms with van der Waals surface area (Å²) in [6.07, 6.45) is -3.10. The van der Waals surface area contributed by atoms with E-state index in [2.05, 4.69) is 0 Å². The summed E-state index contributed by atoms with van der Waals surface area (Å²) in [5, 5.41) is 0. The molecule has 2 saturated heterocycles. The number of hydrogen-bond acceptors (Lipinski definition) is 4. The van der Waals surface area contributed by atoms with Crippen molar-refractivity contribution in [3.63, 3.8) is 0 Å². The molecule has 1 aromatic rings. The Balaban J connectivity index is 1.80. The van der Waals surface area contributed by atoms with Crippen LogP contribution in [0.4, 0.5) is 18.9 Å². The second-order valence-corrected chi connectivity index (χ2v) is 5.51. The summed E-state index contributed by atoms with van der Waals surface area (Å²) < 4.78 is 55.2. The van der Waals surface area contributed by atoms with Gasteiger partial charge >= 0.3 is 6.18 Å². The standard InChI is InChI=1S/C15H18F3NO3/c1-20-13-9-11(15(16,17)18)8-12(10-13)19-4-2-14(3-5-19)21-6-7-22-14/h8-10H,2-7H2,1H3. The molecule has 1 spiro atoms. The predicted octanol–water partition coefficient (Wildman–Crippen LogP) is 3.06. The number of ether oxygens (including phenoxy) is 3. The molecule has 2 heterocycles. The average molecular weight is 317 g/mol. The monoisotopic (exact) mass is 317 g/mol. The van der Waals surface area contributed by atoms with Crippen LogP contribution in [-0.2, 0) is 15.7 Å². The number of anilines is 1. The van der Waals surface area contributed by atoms with Gasteiger partial charge in [0, 0.05) is 37.7 Å². The van der Waals surface area contributed by atoms with Gasteiger partial charge in [0.05, 0.1) is 25.9 Å². The molecule has 0 radical (unpaired) electrons. The number of benzene rings is 1. The summed E-state index contributed by atoms with van der Waals surface area (Å²) >= 11 is 0. The van der Waals surface area contributed by atoms with Crippen LogP contribution >= 0.6 is 0 Å². The highest BCUT2D eigenvalue weighted by atomic mass is 19.4. The fraction of sp³-hybridized carbons (Fsp3) is 0.600. The number of alkyl halides is 3. The number of piperidine rings is 1. The van der Waals surface area contributed by atoms with Crippen molar-refractivity contribution in [3.05, 3.63) is 23.8 Å². The van der Waals surface area contributed by atoms with Gasteiger partial charge in [-0.05, 0) is 12.1 Å². The third kappa shape index (κ3) is 3.01. The van der Waals surface area contributed by atoms with Gasteiger partial charge in [0.15, 0.2) is 5.79 Å². The lowest BCUT2D eigenvalue weighted by atomic mass is 10.0. The van der Waals surface area contributed by atoms with Crippen molar-refractivity contribution < 1.29 is 27.4 Å². The molecule has 7 heteroatoms. The Morgan fingerprint density at radius 3 is 2.27 bits per heavy atom. The summed E-state index contributed by atoms with van der Waals surface area (Å²) in [7, 11) is 1.37. The van der Waals surface area contributed by atoms with Gasteiger partial charge in [-0.25, -0.2) is 0 Å². The molecule has 0 aliphatic carbocycles. The van der Waals surface area contributed by atoms with E-state index < -0.39 is 17.5 Å². The molecule has 0 N–H and O–H groups in total. The predicted molar refractivity (Wildman–Crippen MR) is 74.1 cm³/mol. The third-order valence-corrected chi connectivity index (χ3v) is 4.16. The van der Waals surface area contributed by atoms with E-state index in [1.165, 1.54) is 7.11 Å². The highest BCUT2D eigenvalue weighted by Crippen LogP contribution is 2.38. The van der Waals surface area contributed by atoms with Crippen LogP contribution in [0.2, 0.25) is 0 Å². The quantitative estimate of drug-likeness (QED) is 0.839. The molecule has 122 valence electrons. The minimum absolute atomic E-state index is 0.207. The molecule has 0 bridgehead atoms. The molecular weight excluding hydrogens is 299 g/mol. The fourth-order valence-electron chi connectivity index (χ4n) is 2.94. The molecule has 0 atom stereocenters. The zero-order valence-electron chi connectivity index (χ0n) is 12.3. The molecule has 0 amide bonds. The maximum atomic E-state index is 13.0. The lowest BCUT2D eigenvalue weighted by Crippen LogP contribution is -2.45. The Kier molecular flexibility index (Phi) is 3.94. The van der Waals surface area contributed by atoms with Crippen molar-refractivity contribution in [1.82, 2.24) is 0 Å². The van der Waals surface area contributed by atoms with E-state index in [4.69, 9.17) is 14.2 Å². The average Bonchev–Trinajstić information content (AvgIpc) is 2.95. The van der Waals surface area contributed by atoms with Crippen LogP contribution in [0.25, 0.3) is 0 Å². The smallest absolute Gasteiger partial charge is 0.416 e. The summed E-state index contributed by atoms with van der Waals surface area (Å²) in [4.78, 5) is 1.91. The van der Waals surface area contributed by atoms with Crippen molar-refractivity contribution in [1.29, 1.82) is 0 Å². The van der Waals surface area contributed by atoms with Crippen molar-refractivity contribution >= 4 is 5.69 Å². The minimum atomic E-state index is -4.39. The van der Waals surface area contributed by atoms with Crippen LogP contribution in [-0.4, -0.2) is 39.2 Å². The van der Waals surface area contributed by atoms with Crippen LogP contribution in [0.1, 0.15) is 18.4 Å². The van der Waals surface area contributed by atoms with Gasteiger partial charge < -0.3 is 19.1 Å². The SMILES string of the molecule is COc1cc(N2CCC3(CC2)OCCO3)cc(C(F)(F)F)c1. The molecule has 0 aromatic heterocycles. The summed E-state index contributed by atoms with van der Waals surface area (Å²) in [6.45, 7) is 2.34.